The Labute approximate surface area is 124 Å². The fraction of sp³-hybridized carbons (Fsp3) is 0.133. The van der Waals surface area contributed by atoms with Gasteiger partial charge in [-0.1, -0.05) is 36.4 Å². The summed E-state index contributed by atoms with van der Waals surface area (Å²) in [7, 11) is 0. The van der Waals surface area contributed by atoms with E-state index in [1.54, 1.807) is 12.1 Å². The number of benzene rings is 2. The number of halogens is 3. The lowest BCUT2D eigenvalue weighted by Crippen LogP contribution is -2.24. The molecule has 2 N–H and O–H groups in total. The molecule has 21 heavy (non-hydrogen) atoms. The van der Waals surface area contributed by atoms with Crippen LogP contribution < -0.4 is 5.14 Å². The van der Waals surface area contributed by atoms with Crippen LogP contribution in [0.25, 0.3) is 11.1 Å². The molecule has 0 radical (unpaired) electrons. The van der Waals surface area contributed by atoms with E-state index in [0.717, 1.165) is 22.3 Å². The van der Waals surface area contributed by atoms with Gasteiger partial charge in [-0.2, -0.15) is 17.6 Å². The van der Waals surface area contributed by atoms with E-state index < -0.39 is 11.9 Å². The first-order chi connectivity index (χ1) is 10.0. The van der Waals surface area contributed by atoms with Crippen LogP contribution in [-0.2, 0) is 6.42 Å². The minimum Gasteiger partial charge on any atom is -0.258 e. The van der Waals surface area contributed by atoms with Crippen LogP contribution >= 0.6 is 12.1 Å². The Bertz CT molecular complexity index is 723. The molecule has 0 atom stereocenters. The molecule has 0 saturated carbocycles. The zero-order valence-electron chi connectivity index (χ0n) is 10.8. The molecule has 0 unspecified atom stereocenters. The summed E-state index contributed by atoms with van der Waals surface area (Å²) in [5.41, 5.74) is 3.17. The quantitative estimate of drug-likeness (QED) is 0.571. The first kappa shape index (κ1) is 14.2. The molecule has 1 aliphatic carbocycles. The van der Waals surface area contributed by atoms with Crippen molar-refractivity contribution in [2.24, 2.45) is 9.54 Å². The number of hydrogen-bond acceptors (Lipinski definition) is 3. The first-order valence-electron chi connectivity index (χ1n) is 6.23. The van der Waals surface area contributed by atoms with E-state index >= 15 is 0 Å². The summed E-state index contributed by atoms with van der Waals surface area (Å²) in [4.78, 5) is 0. The normalized spacial score (nSPS) is 14.0. The van der Waals surface area contributed by atoms with Crippen LogP contribution in [0.3, 0.4) is 0 Å². The van der Waals surface area contributed by atoms with E-state index in [4.69, 9.17) is 5.14 Å². The van der Waals surface area contributed by atoms with E-state index in [1.165, 1.54) is 6.07 Å². The predicted octanol–water partition coefficient (Wildman–Crippen LogP) is 4.13. The van der Waals surface area contributed by atoms with Gasteiger partial charge < -0.3 is 0 Å². The summed E-state index contributed by atoms with van der Waals surface area (Å²) in [5.74, 6) is 0. The van der Waals surface area contributed by atoms with Gasteiger partial charge in [-0.05, 0) is 34.7 Å². The van der Waals surface area contributed by atoms with Crippen molar-refractivity contribution in [3.8, 4) is 11.1 Å². The maximum absolute atomic E-state index is 13.0. The third-order valence-electron chi connectivity index (χ3n) is 3.48. The largest absolute Gasteiger partial charge is 0.434 e. The van der Waals surface area contributed by atoms with Crippen LogP contribution in [0.4, 0.5) is 13.2 Å². The number of rotatable bonds is 2. The van der Waals surface area contributed by atoms with Crippen LogP contribution in [0.1, 0.15) is 16.7 Å². The van der Waals surface area contributed by atoms with Gasteiger partial charge in [0.1, 0.15) is 0 Å². The smallest absolute Gasteiger partial charge is 0.258 e. The molecule has 2 aromatic rings. The molecule has 3 rings (SSSR count). The van der Waals surface area contributed by atoms with Crippen molar-refractivity contribution in [1.29, 1.82) is 0 Å². The zero-order chi connectivity index (χ0) is 15.0. The van der Waals surface area contributed by atoms with Crippen molar-refractivity contribution >= 4 is 17.8 Å². The minimum atomic E-state index is -4.52. The van der Waals surface area contributed by atoms with Crippen molar-refractivity contribution in [1.82, 2.24) is 0 Å². The molecule has 0 bridgehead atoms. The minimum absolute atomic E-state index is 0.0482. The summed E-state index contributed by atoms with van der Waals surface area (Å²) in [6, 6.07) is 12.5. The van der Waals surface area contributed by atoms with E-state index in [1.807, 2.05) is 24.3 Å². The fourth-order valence-corrected chi connectivity index (χ4v) is 2.93. The summed E-state index contributed by atoms with van der Waals surface area (Å²) in [6.45, 7) is 0. The van der Waals surface area contributed by atoms with Gasteiger partial charge in [0, 0.05) is 5.56 Å². The summed E-state index contributed by atoms with van der Waals surface area (Å²) in [5, 5.41) is 5.07. The number of alkyl halides is 3. The first-order valence-corrected chi connectivity index (χ1v) is 7.07. The molecule has 6 heteroatoms. The highest BCUT2D eigenvalue weighted by atomic mass is 32.2. The second kappa shape index (κ2) is 5.20. The third kappa shape index (κ3) is 2.56. The molecule has 108 valence electrons. The Hall–Kier alpha value is -1.79. The number of nitrogens with two attached hydrogens (primary N) is 1. The molecule has 0 aromatic heterocycles. The fourth-order valence-electron chi connectivity index (χ4n) is 2.61. The highest BCUT2D eigenvalue weighted by Crippen LogP contribution is 2.37. The van der Waals surface area contributed by atoms with E-state index in [-0.39, 0.29) is 5.56 Å². The van der Waals surface area contributed by atoms with Crippen LogP contribution in [0.5, 0.6) is 0 Å². The monoisotopic (exact) mass is 308 g/mol. The van der Waals surface area contributed by atoms with Crippen molar-refractivity contribution in [2.45, 2.75) is 12.6 Å². The maximum atomic E-state index is 13.0. The summed E-state index contributed by atoms with van der Waals surface area (Å²) in [6.07, 6.45) is -3.88. The van der Waals surface area contributed by atoms with Gasteiger partial charge in [-0.3, -0.25) is 5.14 Å². The third-order valence-corrected chi connectivity index (χ3v) is 3.77. The topological polar surface area (TPSA) is 38.4 Å². The molecular formula is C15H11F3N2S. The molecule has 0 aliphatic heterocycles. The lowest BCUT2D eigenvalue weighted by Gasteiger charge is -2.11. The second-order valence-electron chi connectivity index (χ2n) is 4.75. The highest BCUT2D eigenvalue weighted by molar-refractivity contribution is 7.95. The van der Waals surface area contributed by atoms with E-state index in [0.29, 0.717) is 18.6 Å². The van der Waals surface area contributed by atoms with Crippen LogP contribution in [0, 0.1) is 0 Å². The van der Waals surface area contributed by atoms with Gasteiger partial charge >= 0.3 is 6.18 Å². The number of fused-ring (bicyclic) bond motifs is 3. The van der Waals surface area contributed by atoms with Crippen LogP contribution in [-0.4, -0.2) is 11.9 Å². The molecule has 1 aliphatic rings. The summed E-state index contributed by atoms with van der Waals surface area (Å²) < 4.78 is 42.4. The van der Waals surface area contributed by atoms with Gasteiger partial charge in [-0.25, -0.2) is 0 Å². The van der Waals surface area contributed by atoms with Gasteiger partial charge in [0.25, 0.3) is 0 Å². The SMILES string of the molecule is NS/N=C(\c1ccc2c(c1)Cc1ccccc1-2)C(F)(F)F. The lowest BCUT2D eigenvalue weighted by atomic mass is 10.0. The number of hydrogen-bond donors (Lipinski definition) is 1. The predicted molar refractivity (Wildman–Crippen MR) is 79.1 cm³/mol. The van der Waals surface area contributed by atoms with E-state index in [2.05, 4.69) is 4.40 Å². The number of nitrogens with zero attached hydrogens (tertiary/aromatic N) is 1. The van der Waals surface area contributed by atoms with Crippen molar-refractivity contribution in [3.63, 3.8) is 0 Å². The molecule has 0 saturated heterocycles. The zero-order valence-corrected chi connectivity index (χ0v) is 11.6. The standard InChI is InChI=1S/C15H11F3N2S/c16-15(17,18)14(20-21-19)10-5-6-13-11(8-10)7-9-3-1-2-4-12(9)13/h1-6,8H,7,19H2/b20-14+. The van der Waals surface area contributed by atoms with Crippen LogP contribution in [0.2, 0.25) is 0 Å². The van der Waals surface area contributed by atoms with Crippen molar-refractivity contribution < 1.29 is 13.2 Å². The molecule has 0 amide bonds. The average molecular weight is 308 g/mol. The molecule has 2 aromatic carbocycles. The van der Waals surface area contributed by atoms with Crippen molar-refractivity contribution in [3.05, 3.63) is 59.2 Å². The Morgan fingerprint density at radius 1 is 1.05 bits per heavy atom. The molecule has 0 fully saturated rings. The Kier molecular flexibility index (Phi) is 3.51. The lowest BCUT2D eigenvalue weighted by molar-refractivity contribution is -0.0578. The van der Waals surface area contributed by atoms with Gasteiger partial charge in [-0.15, -0.1) is 0 Å². The van der Waals surface area contributed by atoms with E-state index in [9.17, 15) is 13.2 Å². The molecular weight excluding hydrogens is 297 g/mol. The Morgan fingerprint density at radius 3 is 2.48 bits per heavy atom. The Morgan fingerprint density at radius 2 is 1.76 bits per heavy atom. The van der Waals surface area contributed by atoms with Crippen molar-refractivity contribution in [2.75, 3.05) is 0 Å². The summed E-state index contributed by atoms with van der Waals surface area (Å²) >= 11 is 0.320. The van der Waals surface area contributed by atoms with Gasteiger partial charge in [0.2, 0.25) is 0 Å². The van der Waals surface area contributed by atoms with Gasteiger partial charge in [0.05, 0.1) is 12.1 Å². The molecule has 0 heterocycles. The van der Waals surface area contributed by atoms with Crippen LogP contribution in [0.15, 0.2) is 46.9 Å². The molecule has 0 spiro atoms. The maximum Gasteiger partial charge on any atom is 0.434 e. The second-order valence-corrected chi connectivity index (χ2v) is 5.14. The highest BCUT2D eigenvalue weighted by Gasteiger charge is 2.37. The van der Waals surface area contributed by atoms with Gasteiger partial charge in [0.15, 0.2) is 5.71 Å². The average Bonchev–Trinajstić information content (AvgIpc) is 2.81. The Balaban J connectivity index is 2.06. The molecule has 2 nitrogen and oxygen atoms in total.